The molecule has 0 saturated carbocycles. The molecule has 0 aliphatic rings. The molecule has 2 rings (SSSR count). The number of nitrogens with one attached hydrogen (secondary N) is 2. The van der Waals surface area contributed by atoms with E-state index in [1.807, 2.05) is 36.4 Å². The lowest BCUT2D eigenvalue weighted by Gasteiger charge is -2.08. The molecule has 0 unspecified atom stereocenters. The Morgan fingerprint density at radius 1 is 1.00 bits per heavy atom. The van der Waals surface area contributed by atoms with Crippen molar-refractivity contribution in [3.8, 4) is 0 Å². The van der Waals surface area contributed by atoms with Gasteiger partial charge >= 0.3 is 0 Å². The Bertz CT molecular complexity index is 617. The molecule has 0 radical (unpaired) electrons. The topological polar surface area (TPSA) is 41.1 Å². The highest BCUT2D eigenvalue weighted by atomic mass is 35.5. The first-order chi connectivity index (χ1) is 10.1. The molecule has 0 heterocycles. The molecule has 0 fully saturated rings. The van der Waals surface area contributed by atoms with Crippen LogP contribution in [0.15, 0.2) is 48.5 Å². The minimum Gasteiger partial charge on any atom is -0.376 e. The molecule has 0 saturated heterocycles. The number of amides is 1. The van der Waals surface area contributed by atoms with E-state index < -0.39 is 0 Å². The summed E-state index contributed by atoms with van der Waals surface area (Å²) in [6.45, 7) is 0.798. The average molecular weight is 323 g/mol. The monoisotopic (exact) mass is 322 g/mol. The predicted molar refractivity (Wildman–Crippen MR) is 88.1 cm³/mol. The molecule has 1 amide bonds. The van der Waals surface area contributed by atoms with Crippen LogP contribution in [0.25, 0.3) is 0 Å². The molecule has 0 aromatic heterocycles. The lowest BCUT2D eigenvalue weighted by Crippen LogP contribution is -2.31. The molecule has 110 valence electrons. The van der Waals surface area contributed by atoms with Gasteiger partial charge in [0.15, 0.2) is 0 Å². The van der Waals surface area contributed by atoms with Gasteiger partial charge in [-0.2, -0.15) is 0 Å². The lowest BCUT2D eigenvalue weighted by molar-refractivity contribution is -0.119. The molecule has 0 aliphatic carbocycles. The summed E-state index contributed by atoms with van der Waals surface area (Å²) >= 11 is 11.8. The first-order valence-corrected chi connectivity index (χ1v) is 7.39. The van der Waals surface area contributed by atoms with Gasteiger partial charge in [0.25, 0.3) is 0 Å². The number of rotatable bonds is 6. The second-order valence-electron chi connectivity index (χ2n) is 4.59. The van der Waals surface area contributed by atoms with Crippen molar-refractivity contribution in [1.82, 2.24) is 5.32 Å². The number of anilines is 1. The third kappa shape index (κ3) is 5.66. The minimum absolute atomic E-state index is 0.0583. The van der Waals surface area contributed by atoms with Gasteiger partial charge in [0.1, 0.15) is 0 Å². The molecule has 21 heavy (non-hydrogen) atoms. The van der Waals surface area contributed by atoms with Crippen LogP contribution in [0.1, 0.15) is 5.56 Å². The maximum absolute atomic E-state index is 11.7. The summed E-state index contributed by atoms with van der Waals surface area (Å²) in [5.41, 5.74) is 1.93. The van der Waals surface area contributed by atoms with Crippen molar-refractivity contribution in [2.75, 3.05) is 18.4 Å². The van der Waals surface area contributed by atoms with Gasteiger partial charge in [0.05, 0.1) is 6.54 Å². The number of halogens is 2. The van der Waals surface area contributed by atoms with Gasteiger partial charge in [0.2, 0.25) is 5.91 Å². The summed E-state index contributed by atoms with van der Waals surface area (Å²) in [4.78, 5) is 11.7. The second-order valence-corrected chi connectivity index (χ2v) is 5.47. The largest absolute Gasteiger partial charge is 0.376 e. The summed E-state index contributed by atoms with van der Waals surface area (Å²) < 4.78 is 0. The smallest absolute Gasteiger partial charge is 0.239 e. The zero-order chi connectivity index (χ0) is 15.1. The van der Waals surface area contributed by atoms with Crippen molar-refractivity contribution < 1.29 is 4.79 Å². The Morgan fingerprint density at radius 3 is 2.43 bits per heavy atom. The van der Waals surface area contributed by atoms with E-state index in [2.05, 4.69) is 10.6 Å². The van der Waals surface area contributed by atoms with E-state index in [1.54, 1.807) is 12.1 Å². The summed E-state index contributed by atoms with van der Waals surface area (Å²) in [6, 6.07) is 14.9. The fraction of sp³-hybridized carbons (Fsp3) is 0.188. The third-order valence-corrected chi connectivity index (χ3v) is 3.37. The highest BCUT2D eigenvalue weighted by molar-refractivity contribution is 6.31. The number of hydrogen-bond acceptors (Lipinski definition) is 2. The van der Waals surface area contributed by atoms with Crippen LogP contribution >= 0.6 is 23.2 Å². The van der Waals surface area contributed by atoms with E-state index in [4.69, 9.17) is 23.2 Å². The van der Waals surface area contributed by atoms with Crippen molar-refractivity contribution in [2.45, 2.75) is 6.42 Å². The van der Waals surface area contributed by atoms with Crippen LogP contribution in [0.4, 0.5) is 5.69 Å². The van der Waals surface area contributed by atoms with E-state index >= 15 is 0 Å². The quantitative estimate of drug-likeness (QED) is 0.850. The van der Waals surface area contributed by atoms with Crippen LogP contribution in [0.2, 0.25) is 10.0 Å². The summed E-state index contributed by atoms with van der Waals surface area (Å²) in [6.07, 6.45) is 0.753. The van der Waals surface area contributed by atoms with Gasteiger partial charge in [-0.1, -0.05) is 41.4 Å². The van der Waals surface area contributed by atoms with E-state index in [9.17, 15) is 4.79 Å². The molecule has 2 aromatic carbocycles. The Hall–Kier alpha value is -1.71. The zero-order valence-corrected chi connectivity index (χ0v) is 12.9. The highest BCUT2D eigenvalue weighted by Gasteiger charge is 2.01. The first-order valence-electron chi connectivity index (χ1n) is 6.64. The van der Waals surface area contributed by atoms with E-state index in [1.165, 1.54) is 0 Å². The molecule has 5 heteroatoms. The molecule has 0 atom stereocenters. The Labute approximate surface area is 134 Å². The average Bonchev–Trinajstić information content (AvgIpc) is 2.45. The Morgan fingerprint density at radius 2 is 1.71 bits per heavy atom. The van der Waals surface area contributed by atoms with Crippen molar-refractivity contribution >= 4 is 34.8 Å². The van der Waals surface area contributed by atoms with Crippen LogP contribution in [0.5, 0.6) is 0 Å². The van der Waals surface area contributed by atoms with Crippen LogP contribution in [0, 0.1) is 0 Å². The van der Waals surface area contributed by atoms with E-state index in [0.29, 0.717) is 16.6 Å². The molecule has 0 spiro atoms. The van der Waals surface area contributed by atoms with Gasteiger partial charge in [-0.05, 0) is 42.3 Å². The predicted octanol–water partition coefficient (Wildman–Crippen LogP) is 3.76. The van der Waals surface area contributed by atoms with Gasteiger partial charge < -0.3 is 10.6 Å². The number of carbonyl (C=O) groups excluding carboxylic acids is 1. The van der Waals surface area contributed by atoms with Crippen LogP contribution in [-0.4, -0.2) is 19.0 Å². The summed E-state index contributed by atoms with van der Waals surface area (Å²) in [5.74, 6) is -0.0583. The normalized spacial score (nSPS) is 10.2. The molecular weight excluding hydrogens is 307 g/mol. The zero-order valence-electron chi connectivity index (χ0n) is 11.4. The SMILES string of the molecule is O=C(CNc1cccc(Cl)c1)NCCc1cccc(Cl)c1. The van der Waals surface area contributed by atoms with Crippen LogP contribution < -0.4 is 10.6 Å². The molecule has 0 aliphatic heterocycles. The van der Waals surface area contributed by atoms with Gasteiger partial charge in [-0.3, -0.25) is 4.79 Å². The highest BCUT2D eigenvalue weighted by Crippen LogP contribution is 2.14. The van der Waals surface area contributed by atoms with Crippen LogP contribution in [-0.2, 0) is 11.2 Å². The lowest BCUT2D eigenvalue weighted by atomic mass is 10.1. The van der Waals surface area contributed by atoms with Crippen molar-refractivity contribution in [3.63, 3.8) is 0 Å². The number of hydrogen-bond donors (Lipinski definition) is 2. The molecular formula is C16H16Cl2N2O. The fourth-order valence-electron chi connectivity index (χ4n) is 1.88. The van der Waals surface area contributed by atoms with Crippen molar-refractivity contribution in [2.24, 2.45) is 0 Å². The minimum atomic E-state index is -0.0583. The van der Waals surface area contributed by atoms with E-state index in [-0.39, 0.29) is 12.5 Å². The number of benzene rings is 2. The van der Waals surface area contributed by atoms with Gasteiger partial charge in [-0.25, -0.2) is 0 Å². The molecule has 2 aromatic rings. The standard InChI is InChI=1S/C16H16Cl2N2O/c17-13-4-1-3-12(9-13)7-8-19-16(21)11-20-15-6-2-5-14(18)10-15/h1-6,9-10,20H,7-8,11H2,(H,19,21). The molecule has 0 bridgehead atoms. The second kappa shape index (κ2) is 7.91. The Kier molecular flexibility index (Phi) is 5.90. The fourth-order valence-corrected chi connectivity index (χ4v) is 2.29. The summed E-state index contributed by atoms with van der Waals surface area (Å²) in [5, 5.41) is 7.23. The summed E-state index contributed by atoms with van der Waals surface area (Å²) in [7, 11) is 0. The van der Waals surface area contributed by atoms with Crippen LogP contribution in [0.3, 0.4) is 0 Å². The molecule has 3 nitrogen and oxygen atoms in total. The first kappa shape index (κ1) is 15.7. The van der Waals surface area contributed by atoms with Crippen molar-refractivity contribution in [3.05, 3.63) is 64.1 Å². The maximum Gasteiger partial charge on any atom is 0.239 e. The maximum atomic E-state index is 11.7. The van der Waals surface area contributed by atoms with Crippen molar-refractivity contribution in [1.29, 1.82) is 0 Å². The number of carbonyl (C=O) groups is 1. The Balaban J connectivity index is 1.70. The van der Waals surface area contributed by atoms with Gasteiger partial charge in [0, 0.05) is 22.3 Å². The molecule has 2 N–H and O–H groups in total. The van der Waals surface area contributed by atoms with Gasteiger partial charge in [-0.15, -0.1) is 0 Å². The van der Waals surface area contributed by atoms with E-state index in [0.717, 1.165) is 17.7 Å². The third-order valence-electron chi connectivity index (χ3n) is 2.90.